The van der Waals surface area contributed by atoms with Gasteiger partial charge in [0.2, 0.25) is 5.91 Å². The SMILES string of the molecule is Cc1ccc(C(C)N2CC(N)C2=O)cc1. The van der Waals surface area contributed by atoms with E-state index in [4.69, 9.17) is 5.73 Å². The summed E-state index contributed by atoms with van der Waals surface area (Å²) < 4.78 is 0. The van der Waals surface area contributed by atoms with Gasteiger partial charge < -0.3 is 10.6 Å². The van der Waals surface area contributed by atoms with E-state index < -0.39 is 0 Å². The quantitative estimate of drug-likeness (QED) is 0.736. The van der Waals surface area contributed by atoms with E-state index in [2.05, 4.69) is 31.2 Å². The first-order valence-electron chi connectivity index (χ1n) is 5.22. The molecule has 0 saturated carbocycles. The van der Waals surface area contributed by atoms with Gasteiger partial charge in [0.1, 0.15) is 6.04 Å². The Hall–Kier alpha value is -1.35. The summed E-state index contributed by atoms with van der Waals surface area (Å²) in [6.45, 7) is 4.77. The van der Waals surface area contributed by atoms with Gasteiger partial charge in [-0.2, -0.15) is 0 Å². The standard InChI is InChI=1S/C12H16N2O/c1-8-3-5-10(6-4-8)9(2)14-7-11(13)12(14)15/h3-6,9,11H,7,13H2,1-2H3. The van der Waals surface area contributed by atoms with Crippen LogP contribution in [-0.4, -0.2) is 23.4 Å². The second-order valence-corrected chi connectivity index (χ2v) is 4.18. The third-order valence-corrected chi connectivity index (χ3v) is 3.02. The fourth-order valence-electron chi connectivity index (χ4n) is 1.85. The molecule has 1 aromatic carbocycles. The third kappa shape index (κ3) is 1.75. The lowest BCUT2D eigenvalue weighted by atomic mass is 9.99. The number of carbonyl (C=O) groups is 1. The number of β-lactam (4-membered cyclic amide) rings is 1. The van der Waals surface area contributed by atoms with Gasteiger partial charge in [-0.05, 0) is 19.4 Å². The number of likely N-dealkylation sites (tertiary alicyclic amines) is 1. The molecule has 1 aliphatic rings. The summed E-state index contributed by atoms with van der Waals surface area (Å²) in [4.78, 5) is 13.3. The van der Waals surface area contributed by atoms with Crippen LogP contribution < -0.4 is 5.73 Å². The van der Waals surface area contributed by atoms with Crippen molar-refractivity contribution in [3.8, 4) is 0 Å². The zero-order valence-corrected chi connectivity index (χ0v) is 9.10. The summed E-state index contributed by atoms with van der Waals surface area (Å²) in [7, 11) is 0. The maximum atomic E-state index is 11.4. The van der Waals surface area contributed by atoms with Crippen molar-refractivity contribution in [2.75, 3.05) is 6.54 Å². The summed E-state index contributed by atoms with van der Waals surface area (Å²) in [5.74, 6) is 0.0584. The number of carbonyl (C=O) groups excluding carboxylic acids is 1. The van der Waals surface area contributed by atoms with Gasteiger partial charge in [0.25, 0.3) is 0 Å². The number of nitrogens with two attached hydrogens (primary N) is 1. The number of aryl methyl sites for hydroxylation is 1. The Kier molecular flexibility index (Phi) is 2.49. The Bertz CT molecular complexity index is 372. The van der Waals surface area contributed by atoms with E-state index in [1.807, 2.05) is 11.8 Å². The fraction of sp³-hybridized carbons (Fsp3) is 0.417. The molecule has 1 heterocycles. The monoisotopic (exact) mass is 204 g/mol. The fourth-order valence-corrected chi connectivity index (χ4v) is 1.85. The van der Waals surface area contributed by atoms with Gasteiger partial charge in [-0.15, -0.1) is 0 Å². The van der Waals surface area contributed by atoms with Crippen LogP contribution in [-0.2, 0) is 4.79 Å². The van der Waals surface area contributed by atoms with Crippen molar-refractivity contribution in [3.63, 3.8) is 0 Å². The molecule has 2 unspecified atom stereocenters. The molecular formula is C12H16N2O. The topological polar surface area (TPSA) is 46.3 Å². The number of rotatable bonds is 2. The molecule has 1 fully saturated rings. The molecule has 0 aromatic heterocycles. The van der Waals surface area contributed by atoms with E-state index in [-0.39, 0.29) is 18.0 Å². The molecule has 1 aromatic rings. The molecule has 15 heavy (non-hydrogen) atoms. The van der Waals surface area contributed by atoms with Crippen molar-refractivity contribution in [1.82, 2.24) is 4.90 Å². The number of benzene rings is 1. The average molecular weight is 204 g/mol. The predicted molar refractivity (Wildman–Crippen MR) is 59.3 cm³/mol. The minimum Gasteiger partial charge on any atom is -0.332 e. The molecule has 0 radical (unpaired) electrons. The van der Waals surface area contributed by atoms with Crippen LogP contribution in [0.1, 0.15) is 24.1 Å². The molecule has 0 spiro atoms. The van der Waals surface area contributed by atoms with Gasteiger partial charge in [0.15, 0.2) is 0 Å². The lowest BCUT2D eigenvalue weighted by Gasteiger charge is -2.40. The Morgan fingerprint density at radius 2 is 2.00 bits per heavy atom. The van der Waals surface area contributed by atoms with E-state index in [0.29, 0.717) is 6.54 Å². The molecule has 1 saturated heterocycles. The van der Waals surface area contributed by atoms with Gasteiger partial charge in [0.05, 0.1) is 6.04 Å². The van der Waals surface area contributed by atoms with E-state index >= 15 is 0 Å². The lowest BCUT2D eigenvalue weighted by Crippen LogP contribution is -2.61. The Labute approximate surface area is 89.9 Å². The van der Waals surface area contributed by atoms with Gasteiger partial charge >= 0.3 is 0 Å². The largest absolute Gasteiger partial charge is 0.332 e. The summed E-state index contributed by atoms with van der Waals surface area (Å²) in [6.07, 6.45) is 0. The summed E-state index contributed by atoms with van der Waals surface area (Å²) in [5, 5.41) is 0. The number of hydrogen-bond donors (Lipinski definition) is 1. The minimum absolute atomic E-state index is 0.0584. The second kappa shape index (κ2) is 3.66. The van der Waals surface area contributed by atoms with Gasteiger partial charge in [-0.3, -0.25) is 4.79 Å². The van der Waals surface area contributed by atoms with Crippen molar-refractivity contribution < 1.29 is 4.79 Å². The van der Waals surface area contributed by atoms with Crippen LogP contribution in [0, 0.1) is 6.92 Å². The molecule has 1 amide bonds. The lowest BCUT2D eigenvalue weighted by molar-refractivity contribution is -0.145. The maximum absolute atomic E-state index is 11.4. The highest BCUT2D eigenvalue weighted by atomic mass is 16.2. The van der Waals surface area contributed by atoms with Crippen LogP contribution in [0.15, 0.2) is 24.3 Å². The average Bonchev–Trinajstić information content (AvgIpc) is 2.25. The first-order chi connectivity index (χ1) is 7.09. The molecule has 1 aliphatic heterocycles. The van der Waals surface area contributed by atoms with Crippen molar-refractivity contribution in [2.45, 2.75) is 25.9 Å². The Balaban J connectivity index is 2.11. The first-order valence-corrected chi connectivity index (χ1v) is 5.22. The molecule has 2 atom stereocenters. The van der Waals surface area contributed by atoms with Crippen LogP contribution >= 0.6 is 0 Å². The Morgan fingerprint density at radius 3 is 2.47 bits per heavy atom. The zero-order valence-electron chi connectivity index (χ0n) is 9.10. The summed E-state index contributed by atoms with van der Waals surface area (Å²) in [5.41, 5.74) is 7.96. The van der Waals surface area contributed by atoms with Crippen LogP contribution in [0.3, 0.4) is 0 Å². The molecule has 2 N–H and O–H groups in total. The van der Waals surface area contributed by atoms with Gasteiger partial charge in [-0.25, -0.2) is 0 Å². The highest BCUT2D eigenvalue weighted by Gasteiger charge is 2.36. The summed E-state index contributed by atoms with van der Waals surface area (Å²) >= 11 is 0. The van der Waals surface area contributed by atoms with Crippen LogP contribution in [0.4, 0.5) is 0 Å². The number of amides is 1. The number of nitrogens with zero attached hydrogens (tertiary/aromatic N) is 1. The highest BCUT2D eigenvalue weighted by Crippen LogP contribution is 2.25. The molecule has 2 rings (SSSR count). The van der Waals surface area contributed by atoms with E-state index in [0.717, 1.165) is 0 Å². The van der Waals surface area contributed by atoms with Crippen LogP contribution in [0.5, 0.6) is 0 Å². The normalized spacial score (nSPS) is 22.5. The van der Waals surface area contributed by atoms with Gasteiger partial charge in [-0.1, -0.05) is 29.8 Å². The first kappa shape index (κ1) is 10.2. The smallest absolute Gasteiger partial charge is 0.241 e. The van der Waals surface area contributed by atoms with E-state index in [1.54, 1.807) is 0 Å². The van der Waals surface area contributed by atoms with Crippen molar-refractivity contribution >= 4 is 5.91 Å². The predicted octanol–water partition coefficient (Wildman–Crippen LogP) is 1.23. The van der Waals surface area contributed by atoms with E-state index in [1.165, 1.54) is 11.1 Å². The second-order valence-electron chi connectivity index (χ2n) is 4.18. The molecule has 0 bridgehead atoms. The maximum Gasteiger partial charge on any atom is 0.241 e. The molecule has 3 nitrogen and oxygen atoms in total. The van der Waals surface area contributed by atoms with Crippen molar-refractivity contribution in [2.24, 2.45) is 5.73 Å². The number of hydrogen-bond acceptors (Lipinski definition) is 2. The highest BCUT2D eigenvalue weighted by molar-refractivity contribution is 5.88. The third-order valence-electron chi connectivity index (χ3n) is 3.02. The van der Waals surface area contributed by atoms with Gasteiger partial charge in [0, 0.05) is 6.54 Å². The summed E-state index contributed by atoms with van der Waals surface area (Å²) in [6, 6.07) is 8.12. The minimum atomic E-state index is -0.280. The molecule has 0 aliphatic carbocycles. The van der Waals surface area contributed by atoms with Crippen LogP contribution in [0.2, 0.25) is 0 Å². The zero-order chi connectivity index (χ0) is 11.0. The van der Waals surface area contributed by atoms with Crippen LogP contribution in [0.25, 0.3) is 0 Å². The van der Waals surface area contributed by atoms with E-state index in [9.17, 15) is 4.79 Å². The molecule has 80 valence electrons. The van der Waals surface area contributed by atoms with Crippen molar-refractivity contribution in [1.29, 1.82) is 0 Å². The Morgan fingerprint density at radius 1 is 1.40 bits per heavy atom. The molecule has 3 heteroatoms. The molecular weight excluding hydrogens is 188 g/mol. The van der Waals surface area contributed by atoms with Crippen molar-refractivity contribution in [3.05, 3.63) is 35.4 Å².